The van der Waals surface area contributed by atoms with E-state index in [4.69, 9.17) is 4.74 Å². The molecule has 0 saturated carbocycles. The number of aryl methyl sites for hydroxylation is 1. The van der Waals surface area contributed by atoms with E-state index in [0.717, 1.165) is 43.2 Å². The number of carbonyl (C=O) groups is 1. The van der Waals surface area contributed by atoms with Gasteiger partial charge in [0.25, 0.3) is 0 Å². The fourth-order valence-electron chi connectivity index (χ4n) is 3.10. The van der Waals surface area contributed by atoms with Gasteiger partial charge in [-0.2, -0.15) is 0 Å². The maximum atomic E-state index is 12.6. The number of piperazine rings is 1. The molecule has 1 amide bonds. The third-order valence-corrected chi connectivity index (χ3v) is 4.65. The summed E-state index contributed by atoms with van der Waals surface area (Å²) in [5, 5.41) is 0. The molecule has 0 bridgehead atoms. The number of ether oxygens (including phenoxy) is 1. The number of hydrogen-bond acceptors (Lipinski definition) is 3. The first kappa shape index (κ1) is 16.4. The van der Waals surface area contributed by atoms with Crippen LogP contribution in [0.25, 0.3) is 0 Å². The Balaban J connectivity index is 1.58. The molecular formula is C20H24N2O2. The van der Waals surface area contributed by atoms with Crippen LogP contribution in [0.15, 0.2) is 48.5 Å². The van der Waals surface area contributed by atoms with Crippen molar-refractivity contribution in [1.29, 1.82) is 0 Å². The van der Waals surface area contributed by atoms with Crippen molar-refractivity contribution in [2.75, 3.05) is 38.2 Å². The van der Waals surface area contributed by atoms with E-state index >= 15 is 0 Å². The average Bonchev–Trinajstić information content (AvgIpc) is 2.64. The number of anilines is 1. The Hall–Kier alpha value is -2.49. The van der Waals surface area contributed by atoms with Crippen molar-refractivity contribution in [3.05, 3.63) is 59.7 Å². The van der Waals surface area contributed by atoms with Crippen molar-refractivity contribution in [3.63, 3.8) is 0 Å². The Bertz CT molecular complexity index is 706. The normalized spacial score (nSPS) is 14.6. The highest BCUT2D eigenvalue weighted by Gasteiger charge is 2.21. The van der Waals surface area contributed by atoms with E-state index < -0.39 is 0 Å². The fourth-order valence-corrected chi connectivity index (χ4v) is 3.10. The molecule has 4 heteroatoms. The molecule has 1 fully saturated rings. The van der Waals surface area contributed by atoms with E-state index in [2.05, 4.69) is 24.0 Å². The summed E-state index contributed by atoms with van der Waals surface area (Å²) in [4.78, 5) is 16.8. The van der Waals surface area contributed by atoms with Gasteiger partial charge in [0.15, 0.2) is 0 Å². The summed E-state index contributed by atoms with van der Waals surface area (Å²) in [6.45, 7) is 5.30. The van der Waals surface area contributed by atoms with Crippen LogP contribution in [-0.4, -0.2) is 44.1 Å². The lowest BCUT2D eigenvalue weighted by Crippen LogP contribution is -2.49. The standard InChI is InChI=1S/C20H24N2O2/c1-16-6-3-4-7-17(16)14-20(23)22-12-10-21(11-13-22)18-8-5-9-19(15-18)24-2/h3-9,15H,10-14H2,1-2H3. The van der Waals surface area contributed by atoms with Gasteiger partial charge in [-0.15, -0.1) is 0 Å². The van der Waals surface area contributed by atoms with Crippen molar-refractivity contribution in [3.8, 4) is 5.75 Å². The maximum Gasteiger partial charge on any atom is 0.227 e. The zero-order chi connectivity index (χ0) is 16.9. The first-order chi connectivity index (χ1) is 11.7. The van der Waals surface area contributed by atoms with Crippen LogP contribution in [0.1, 0.15) is 11.1 Å². The average molecular weight is 324 g/mol. The van der Waals surface area contributed by atoms with Crippen LogP contribution in [0, 0.1) is 6.92 Å². The van der Waals surface area contributed by atoms with Gasteiger partial charge in [-0.3, -0.25) is 4.79 Å². The largest absolute Gasteiger partial charge is 0.497 e. The molecule has 0 aliphatic carbocycles. The predicted octanol–water partition coefficient (Wildman–Crippen LogP) is 2.89. The molecule has 0 radical (unpaired) electrons. The van der Waals surface area contributed by atoms with Crippen molar-refractivity contribution >= 4 is 11.6 Å². The molecule has 0 unspecified atom stereocenters. The summed E-state index contributed by atoms with van der Waals surface area (Å²) in [6.07, 6.45) is 0.492. The number of rotatable bonds is 4. The molecule has 0 aromatic heterocycles. The Morgan fingerprint density at radius 3 is 2.50 bits per heavy atom. The van der Waals surface area contributed by atoms with Crippen molar-refractivity contribution in [2.45, 2.75) is 13.3 Å². The minimum atomic E-state index is 0.217. The SMILES string of the molecule is COc1cccc(N2CCN(C(=O)Cc3ccccc3C)CC2)c1. The molecule has 3 rings (SSSR count). The molecule has 24 heavy (non-hydrogen) atoms. The number of benzene rings is 2. The predicted molar refractivity (Wildman–Crippen MR) is 96.7 cm³/mol. The van der Waals surface area contributed by atoms with Gasteiger partial charge in [0, 0.05) is 37.9 Å². The van der Waals surface area contributed by atoms with Gasteiger partial charge in [-0.1, -0.05) is 30.3 Å². The molecule has 2 aromatic carbocycles. The summed E-state index contributed by atoms with van der Waals surface area (Å²) < 4.78 is 5.29. The minimum absolute atomic E-state index is 0.217. The quantitative estimate of drug-likeness (QED) is 0.867. The van der Waals surface area contributed by atoms with Gasteiger partial charge in [-0.05, 0) is 30.2 Å². The molecular weight excluding hydrogens is 300 g/mol. The number of amides is 1. The third kappa shape index (κ3) is 3.70. The third-order valence-electron chi connectivity index (χ3n) is 4.65. The minimum Gasteiger partial charge on any atom is -0.497 e. The summed E-state index contributed by atoms with van der Waals surface area (Å²) in [5.41, 5.74) is 3.46. The first-order valence-corrected chi connectivity index (χ1v) is 8.38. The molecule has 1 saturated heterocycles. The highest BCUT2D eigenvalue weighted by molar-refractivity contribution is 5.79. The van der Waals surface area contributed by atoms with E-state index in [0.29, 0.717) is 6.42 Å². The Morgan fingerprint density at radius 2 is 1.79 bits per heavy atom. The number of nitrogens with zero attached hydrogens (tertiary/aromatic N) is 2. The Morgan fingerprint density at radius 1 is 1.04 bits per heavy atom. The van der Waals surface area contributed by atoms with E-state index in [1.54, 1.807) is 7.11 Å². The Kier molecular flexibility index (Phi) is 5.04. The lowest BCUT2D eigenvalue weighted by Gasteiger charge is -2.36. The van der Waals surface area contributed by atoms with E-state index in [-0.39, 0.29) is 5.91 Å². The number of hydrogen-bond donors (Lipinski definition) is 0. The molecule has 0 atom stereocenters. The summed E-state index contributed by atoms with van der Waals surface area (Å²) in [5.74, 6) is 1.08. The van der Waals surface area contributed by atoms with Crippen LogP contribution in [0.4, 0.5) is 5.69 Å². The molecule has 1 aliphatic rings. The fraction of sp³-hybridized carbons (Fsp3) is 0.350. The maximum absolute atomic E-state index is 12.6. The second-order valence-electron chi connectivity index (χ2n) is 6.17. The van der Waals surface area contributed by atoms with Crippen molar-refractivity contribution < 1.29 is 9.53 Å². The van der Waals surface area contributed by atoms with E-state index in [9.17, 15) is 4.79 Å². The smallest absolute Gasteiger partial charge is 0.227 e. The van der Waals surface area contributed by atoms with Crippen LogP contribution in [-0.2, 0) is 11.2 Å². The van der Waals surface area contributed by atoms with Crippen LogP contribution < -0.4 is 9.64 Å². The van der Waals surface area contributed by atoms with Gasteiger partial charge >= 0.3 is 0 Å². The van der Waals surface area contributed by atoms with Crippen molar-refractivity contribution in [2.24, 2.45) is 0 Å². The monoisotopic (exact) mass is 324 g/mol. The van der Waals surface area contributed by atoms with Crippen LogP contribution in [0.2, 0.25) is 0 Å². The first-order valence-electron chi connectivity index (χ1n) is 8.38. The summed E-state index contributed by atoms with van der Waals surface area (Å²) in [7, 11) is 1.68. The lowest BCUT2D eigenvalue weighted by molar-refractivity contribution is -0.130. The zero-order valence-corrected chi connectivity index (χ0v) is 14.4. The van der Waals surface area contributed by atoms with Gasteiger partial charge < -0.3 is 14.5 Å². The molecule has 0 N–H and O–H groups in total. The van der Waals surface area contributed by atoms with Gasteiger partial charge in [0.2, 0.25) is 5.91 Å². The van der Waals surface area contributed by atoms with Gasteiger partial charge in [0.1, 0.15) is 5.75 Å². The molecule has 2 aromatic rings. The van der Waals surface area contributed by atoms with Crippen LogP contribution >= 0.6 is 0 Å². The second kappa shape index (κ2) is 7.39. The molecule has 4 nitrogen and oxygen atoms in total. The molecule has 1 heterocycles. The molecule has 126 valence electrons. The molecule has 0 spiro atoms. The van der Waals surface area contributed by atoms with E-state index in [1.165, 1.54) is 5.56 Å². The highest BCUT2D eigenvalue weighted by atomic mass is 16.5. The lowest BCUT2D eigenvalue weighted by atomic mass is 10.1. The van der Waals surface area contributed by atoms with Crippen molar-refractivity contribution in [1.82, 2.24) is 4.90 Å². The van der Waals surface area contributed by atoms with Gasteiger partial charge in [-0.25, -0.2) is 0 Å². The van der Waals surface area contributed by atoms with Crippen LogP contribution in [0.5, 0.6) is 5.75 Å². The second-order valence-corrected chi connectivity index (χ2v) is 6.17. The van der Waals surface area contributed by atoms with E-state index in [1.807, 2.05) is 41.3 Å². The van der Waals surface area contributed by atoms with Crippen LogP contribution in [0.3, 0.4) is 0 Å². The Labute approximate surface area is 143 Å². The summed E-state index contributed by atoms with van der Waals surface area (Å²) in [6, 6.07) is 16.2. The topological polar surface area (TPSA) is 32.8 Å². The highest BCUT2D eigenvalue weighted by Crippen LogP contribution is 2.22. The zero-order valence-electron chi connectivity index (χ0n) is 14.4. The number of methoxy groups -OCH3 is 1. The van der Waals surface area contributed by atoms with Gasteiger partial charge in [0.05, 0.1) is 13.5 Å². The summed E-state index contributed by atoms with van der Waals surface area (Å²) >= 11 is 0. The number of carbonyl (C=O) groups excluding carboxylic acids is 1. The molecule has 1 aliphatic heterocycles.